The number of thioether (sulfide) groups is 1. The predicted molar refractivity (Wildman–Crippen MR) is 136 cm³/mol. The summed E-state index contributed by atoms with van der Waals surface area (Å²) >= 11 is 1.07. The lowest BCUT2D eigenvalue weighted by Gasteiger charge is -2.11. The number of nitrogens with zero attached hydrogens (tertiary/aromatic N) is 4. The van der Waals surface area contributed by atoms with Crippen molar-refractivity contribution in [2.75, 3.05) is 11.1 Å². The van der Waals surface area contributed by atoms with Gasteiger partial charge in [-0.15, -0.1) is 10.2 Å². The zero-order valence-corrected chi connectivity index (χ0v) is 20.7. The van der Waals surface area contributed by atoms with Crippen LogP contribution in [0.25, 0.3) is 5.69 Å². The first-order valence-corrected chi connectivity index (χ1v) is 13.3. The summed E-state index contributed by atoms with van der Waals surface area (Å²) in [4.78, 5) is 23.1. The van der Waals surface area contributed by atoms with E-state index in [9.17, 15) is 23.3 Å². The number of non-ortho nitro benzene ring substituents is 1. The van der Waals surface area contributed by atoms with Crippen LogP contribution in [-0.4, -0.2) is 39.8 Å². The maximum Gasteiger partial charge on any atom is 0.271 e. The van der Waals surface area contributed by atoms with Crippen molar-refractivity contribution >= 4 is 38.9 Å². The van der Waals surface area contributed by atoms with Crippen LogP contribution in [0.15, 0.2) is 88.9 Å². The maximum atomic E-state index is 13.1. The van der Waals surface area contributed by atoms with E-state index < -0.39 is 20.7 Å². The molecule has 1 N–H and O–H groups in total. The zero-order chi connectivity index (χ0) is 25.7. The molecule has 1 aromatic heterocycles. The molecule has 0 saturated carbocycles. The number of carbonyl (C=O) groups is 1. The number of para-hydroxylation sites is 1. The highest BCUT2D eigenvalue weighted by atomic mass is 32.2. The van der Waals surface area contributed by atoms with E-state index in [0.717, 1.165) is 17.3 Å². The molecular formula is C24H21N5O5S2. The molecule has 0 bridgehead atoms. The fourth-order valence-corrected chi connectivity index (χ4v) is 5.36. The van der Waals surface area contributed by atoms with Crippen molar-refractivity contribution in [1.82, 2.24) is 14.8 Å². The molecule has 0 saturated heterocycles. The minimum absolute atomic E-state index is 0.0711. The second kappa shape index (κ2) is 10.7. The molecule has 0 atom stereocenters. The van der Waals surface area contributed by atoms with Crippen LogP contribution in [0.5, 0.6) is 0 Å². The summed E-state index contributed by atoms with van der Waals surface area (Å²) in [6.07, 6.45) is 0. The van der Waals surface area contributed by atoms with Crippen LogP contribution in [-0.2, 0) is 20.4 Å². The topological polar surface area (TPSA) is 137 Å². The second-order valence-electron chi connectivity index (χ2n) is 7.79. The van der Waals surface area contributed by atoms with E-state index in [1.807, 2.05) is 13.0 Å². The highest BCUT2D eigenvalue weighted by molar-refractivity contribution is 7.99. The summed E-state index contributed by atoms with van der Waals surface area (Å²) in [5.41, 5.74) is 1.76. The second-order valence-corrected chi connectivity index (χ2v) is 10.7. The summed E-state index contributed by atoms with van der Waals surface area (Å²) in [5, 5.41) is 22.2. The fourth-order valence-electron chi connectivity index (χ4n) is 3.35. The number of hydrogen-bond acceptors (Lipinski definition) is 8. The molecule has 0 unspecified atom stereocenters. The minimum atomic E-state index is -3.70. The van der Waals surface area contributed by atoms with E-state index in [1.165, 1.54) is 18.2 Å². The molecule has 184 valence electrons. The molecule has 3 aromatic carbocycles. The Morgan fingerprint density at radius 1 is 1.03 bits per heavy atom. The van der Waals surface area contributed by atoms with Gasteiger partial charge in [0.15, 0.2) is 20.8 Å². The van der Waals surface area contributed by atoms with Crippen LogP contribution < -0.4 is 5.32 Å². The van der Waals surface area contributed by atoms with Gasteiger partial charge < -0.3 is 5.32 Å². The third-order valence-electron chi connectivity index (χ3n) is 5.09. The van der Waals surface area contributed by atoms with Gasteiger partial charge in [-0.25, -0.2) is 8.42 Å². The van der Waals surface area contributed by atoms with Crippen molar-refractivity contribution in [2.24, 2.45) is 0 Å². The van der Waals surface area contributed by atoms with Gasteiger partial charge in [0.1, 0.15) is 5.75 Å². The number of benzene rings is 3. The Balaban J connectivity index is 1.55. The number of hydrogen-bond donors (Lipinski definition) is 1. The zero-order valence-electron chi connectivity index (χ0n) is 19.1. The number of nitro groups is 1. The van der Waals surface area contributed by atoms with Crippen molar-refractivity contribution in [3.8, 4) is 5.69 Å². The number of aryl methyl sites for hydroxylation is 1. The standard InChI is InChI=1S/C24H21N5O5S2/c1-17-10-12-21(13-11-17)36(33,34)16-22-26-27-24(28(22)19-7-3-2-4-8-19)35-15-23(30)25-18-6-5-9-20(14-18)29(31)32/h2-14H,15-16H2,1H3,(H,25,30). The van der Waals surface area contributed by atoms with E-state index in [-0.39, 0.29) is 27.9 Å². The number of carbonyl (C=O) groups excluding carboxylic acids is 1. The molecule has 36 heavy (non-hydrogen) atoms. The number of rotatable bonds is 9. The Morgan fingerprint density at radius 2 is 1.75 bits per heavy atom. The quantitative estimate of drug-likeness (QED) is 0.196. The van der Waals surface area contributed by atoms with Gasteiger partial charge in [0.2, 0.25) is 5.91 Å². The molecule has 0 aliphatic heterocycles. The SMILES string of the molecule is Cc1ccc(S(=O)(=O)Cc2nnc(SCC(=O)Nc3cccc([N+](=O)[O-])c3)n2-c2ccccc2)cc1. The van der Waals surface area contributed by atoms with Gasteiger partial charge in [0, 0.05) is 23.5 Å². The smallest absolute Gasteiger partial charge is 0.271 e. The van der Waals surface area contributed by atoms with Crippen molar-refractivity contribution in [1.29, 1.82) is 0 Å². The molecular weight excluding hydrogens is 502 g/mol. The Kier molecular flexibility index (Phi) is 7.46. The summed E-state index contributed by atoms with van der Waals surface area (Å²) < 4.78 is 27.7. The first kappa shape index (κ1) is 25.1. The maximum absolute atomic E-state index is 13.1. The normalized spacial score (nSPS) is 11.2. The van der Waals surface area contributed by atoms with Gasteiger partial charge in [-0.3, -0.25) is 19.5 Å². The largest absolute Gasteiger partial charge is 0.325 e. The van der Waals surface area contributed by atoms with E-state index in [0.29, 0.717) is 16.5 Å². The Hall–Kier alpha value is -4.03. The van der Waals surface area contributed by atoms with Crippen molar-refractivity contribution in [3.05, 3.63) is 100 Å². The van der Waals surface area contributed by atoms with Crippen LogP contribution >= 0.6 is 11.8 Å². The van der Waals surface area contributed by atoms with Crippen molar-refractivity contribution in [2.45, 2.75) is 22.7 Å². The lowest BCUT2D eigenvalue weighted by molar-refractivity contribution is -0.384. The molecule has 12 heteroatoms. The molecule has 0 radical (unpaired) electrons. The number of amides is 1. The number of nitrogens with one attached hydrogen (secondary N) is 1. The summed E-state index contributed by atoms with van der Waals surface area (Å²) in [7, 11) is -3.70. The van der Waals surface area contributed by atoms with E-state index in [1.54, 1.807) is 59.2 Å². The lowest BCUT2D eigenvalue weighted by atomic mass is 10.2. The highest BCUT2D eigenvalue weighted by Crippen LogP contribution is 2.25. The molecule has 10 nitrogen and oxygen atoms in total. The molecule has 0 spiro atoms. The van der Waals surface area contributed by atoms with Gasteiger partial charge in [0.25, 0.3) is 5.69 Å². The van der Waals surface area contributed by atoms with Crippen LogP contribution in [0.4, 0.5) is 11.4 Å². The number of nitro benzene ring substituents is 1. The summed E-state index contributed by atoms with van der Waals surface area (Å²) in [5.74, 6) is -0.642. The van der Waals surface area contributed by atoms with Gasteiger partial charge >= 0.3 is 0 Å². The molecule has 0 aliphatic rings. The summed E-state index contributed by atoms with van der Waals surface area (Å²) in [6, 6.07) is 21.2. The molecule has 4 rings (SSSR count). The van der Waals surface area contributed by atoms with Crippen LogP contribution in [0.1, 0.15) is 11.4 Å². The first-order valence-electron chi connectivity index (χ1n) is 10.7. The molecule has 1 heterocycles. The van der Waals surface area contributed by atoms with Crippen molar-refractivity contribution in [3.63, 3.8) is 0 Å². The van der Waals surface area contributed by atoms with Gasteiger partial charge in [-0.05, 0) is 37.3 Å². The highest BCUT2D eigenvalue weighted by Gasteiger charge is 2.23. The summed E-state index contributed by atoms with van der Waals surface area (Å²) in [6.45, 7) is 1.88. The van der Waals surface area contributed by atoms with Gasteiger partial charge in [0.05, 0.1) is 15.6 Å². The fraction of sp³-hybridized carbons (Fsp3) is 0.125. The Morgan fingerprint density at radius 3 is 2.44 bits per heavy atom. The molecule has 1 amide bonds. The average Bonchev–Trinajstić information content (AvgIpc) is 3.25. The first-order chi connectivity index (χ1) is 17.2. The Bertz CT molecular complexity index is 1500. The number of sulfone groups is 1. The third-order valence-corrected chi connectivity index (χ3v) is 7.64. The number of anilines is 1. The predicted octanol–water partition coefficient (Wildman–Crippen LogP) is 4.19. The number of aromatic nitrogens is 3. The molecule has 4 aromatic rings. The average molecular weight is 524 g/mol. The van der Waals surface area contributed by atoms with Gasteiger partial charge in [-0.2, -0.15) is 0 Å². The monoisotopic (exact) mass is 523 g/mol. The van der Waals surface area contributed by atoms with Gasteiger partial charge in [-0.1, -0.05) is 53.7 Å². The Labute approximate surface area is 211 Å². The van der Waals surface area contributed by atoms with Crippen molar-refractivity contribution < 1.29 is 18.1 Å². The minimum Gasteiger partial charge on any atom is -0.325 e. The van der Waals surface area contributed by atoms with E-state index in [2.05, 4.69) is 15.5 Å². The third kappa shape index (κ3) is 5.96. The molecule has 0 aliphatic carbocycles. The lowest BCUT2D eigenvalue weighted by Crippen LogP contribution is -2.15. The van der Waals surface area contributed by atoms with E-state index >= 15 is 0 Å². The molecule has 0 fully saturated rings. The van der Waals surface area contributed by atoms with Crippen LogP contribution in [0, 0.1) is 17.0 Å². The van der Waals surface area contributed by atoms with Crippen LogP contribution in [0.3, 0.4) is 0 Å². The van der Waals surface area contributed by atoms with Crippen LogP contribution in [0.2, 0.25) is 0 Å². The van der Waals surface area contributed by atoms with E-state index in [4.69, 9.17) is 0 Å².